The van der Waals surface area contributed by atoms with Crippen LogP contribution in [0.25, 0.3) is 0 Å². The lowest BCUT2D eigenvalue weighted by Crippen LogP contribution is -2.22. The number of thioether (sulfide) groups is 1. The Labute approximate surface area is 114 Å². The molecule has 17 heavy (non-hydrogen) atoms. The van der Waals surface area contributed by atoms with Gasteiger partial charge in [0.25, 0.3) is 0 Å². The molecule has 1 atom stereocenters. The monoisotopic (exact) mass is 284 g/mol. The summed E-state index contributed by atoms with van der Waals surface area (Å²) in [5.74, 6) is 0.541. The Morgan fingerprint density at radius 2 is 2.12 bits per heavy atom. The molecule has 2 heterocycles. The van der Waals surface area contributed by atoms with E-state index in [2.05, 4.69) is 10.3 Å². The largest absolute Gasteiger partial charge is 0.320 e. The number of halogens is 2. The molecule has 0 saturated carbocycles. The SMILES string of the molecule is ClCC1=CSC2=NC(c3ccc(Cl)cc3)CN12. The fourth-order valence-electron chi connectivity index (χ4n) is 1.98. The Morgan fingerprint density at radius 3 is 2.82 bits per heavy atom. The first kappa shape index (κ1) is 11.5. The molecule has 1 aromatic carbocycles. The minimum atomic E-state index is 0.196. The highest BCUT2D eigenvalue weighted by atomic mass is 35.5. The average Bonchev–Trinajstić information content (AvgIpc) is 2.89. The van der Waals surface area contributed by atoms with E-state index in [1.165, 1.54) is 5.56 Å². The number of alkyl halides is 1. The van der Waals surface area contributed by atoms with E-state index < -0.39 is 0 Å². The van der Waals surface area contributed by atoms with Crippen molar-refractivity contribution in [2.24, 2.45) is 4.99 Å². The standard InChI is InChI=1S/C12H10Cl2N2S/c13-5-10-7-17-12-15-11(6-16(10)12)8-1-3-9(14)4-2-8/h1-4,7,11H,5-6H2. The fraction of sp³-hybridized carbons (Fsp3) is 0.250. The van der Waals surface area contributed by atoms with Crippen LogP contribution in [0.5, 0.6) is 0 Å². The Bertz CT molecular complexity index is 496. The van der Waals surface area contributed by atoms with Crippen LogP contribution in [-0.4, -0.2) is 22.5 Å². The lowest BCUT2D eigenvalue weighted by Gasteiger charge is -2.16. The highest BCUT2D eigenvalue weighted by Crippen LogP contribution is 2.37. The fourth-order valence-corrected chi connectivity index (χ4v) is 3.38. The van der Waals surface area contributed by atoms with E-state index in [4.69, 9.17) is 28.2 Å². The number of allylic oxidation sites excluding steroid dienone is 1. The van der Waals surface area contributed by atoms with Crippen LogP contribution in [0, 0.1) is 0 Å². The van der Waals surface area contributed by atoms with Gasteiger partial charge in [-0.1, -0.05) is 35.5 Å². The summed E-state index contributed by atoms with van der Waals surface area (Å²) >= 11 is 13.4. The van der Waals surface area contributed by atoms with E-state index >= 15 is 0 Å². The number of fused-ring (bicyclic) bond motifs is 1. The number of hydrogen-bond donors (Lipinski definition) is 0. The van der Waals surface area contributed by atoms with Gasteiger partial charge < -0.3 is 4.90 Å². The van der Waals surface area contributed by atoms with Crippen LogP contribution in [-0.2, 0) is 0 Å². The van der Waals surface area contributed by atoms with Gasteiger partial charge in [-0.2, -0.15) is 0 Å². The molecule has 1 unspecified atom stereocenters. The number of aliphatic imine (C=N–C) groups is 1. The van der Waals surface area contributed by atoms with Gasteiger partial charge in [-0.15, -0.1) is 11.6 Å². The highest BCUT2D eigenvalue weighted by Gasteiger charge is 2.31. The lowest BCUT2D eigenvalue weighted by atomic mass is 10.1. The second-order valence-corrected chi connectivity index (χ2v) is 5.49. The minimum Gasteiger partial charge on any atom is -0.320 e. The first-order chi connectivity index (χ1) is 8.28. The van der Waals surface area contributed by atoms with E-state index in [-0.39, 0.29) is 6.04 Å². The summed E-state index contributed by atoms with van der Waals surface area (Å²) in [6, 6.07) is 8.08. The molecule has 5 heteroatoms. The molecule has 0 bridgehead atoms. The van der Waals surface area contributed by atoms with Gasteiger partial charge in [0, 0.05) is 10.7 Å². The van der Waals surface area contributed by atoms with Crippen molar-refractivity contribution in [2.45, 2.75) is 6.04 Å². The summed E-state index contributed by atoms with van der Waals surface area (Å²) in [5, 5.41) is 3.89. The Kier molecular flexibility index (Phi) is 3.07. The molecular formula is C12H10Cl2N2S. The van der Waals surface area contributed by atoms with Gasteiger partial charge in [-0.25, -0.2) is 0 Å². The van der Waals surface area contributed by atoms with Gasteiger partial charge in [-0.05, 0) is 23.1 Å². The normalized spacial score (nSPS) is 22.5. The Morgan fingerprint density at radius 1 is 1.35 bits per heavy atom. The molecule has 1 aromatic rings. The third-order valence-corrected chi connectivity index (χ3v) is 4.34. The second-order valence-electron chi connectivity index (χ2n) is 3.95. The molecule has 0 fully saturated rings. The van der Waals surface area contributed by atoms with Crippen molar-refractivity contribution in [3.63, 3.8) is 0 Å². The van der Waals surface area contributed by atoms with Crippen molar-refractivity contribution in [3.05, 3.63) is 46.0 Å². The molecule has 0 amide bonds. The van der Waals surface area contributed by atoms with Crippen LogP contribution in [0.4, 0.5) is 0 Å². The molecule has 0 radical (unpaired) electrons. The molecule has 0 aromatic heterocycles. The zero-order chi connectivity index (χ0) is 11.8. The third-order valence-electron chi connectivity index (χ3n) is 2.89. The van der Waals surface area contributed by atoms with Crippen molar-refractivity contribution >= 4 is 40.1 Å². The molecular weight excluding hydrogens is 275 g/mol. The second kappa shape index (κ2) is 4.56. The summed E-state index contributed by atoms with van der Waals surface area (Å²) in [7, 11) is 0. The molecule has 0 saturated heterocycles. The zero-order valence-electron chi connectivity index (χ0n) is 8.94. The van der Waals surface area contributed by atoms with Gasteiger partial charge >= 0.3 is 0 Å². The van der Waals surface area contributed by atoms with E-state index in [0.29, 0.717) is 5.88 Å². The smallest absolute Gasteiger partial charge is 0.168 e. The number of benzene rings is 1. The number of hydrogen-bond acceptors (Lipinski definition) is 3. The van der Waals surface area contributed by atoms with Gasteiger partial charge in [0.2, 0.25) is 0 Å². The predicted molar refractivity (Wildman–Crippen MR) is 74.7 cm³/mol. The van der Waals surface area contributed by atoms with E-state index in [1.807, 2.05) is 24.3 Å². The van der Waals surface area contributed by atoms with Crippen molar-refractivity contribution in [1.82, 2.24) is 4.90 Å². The van der Waals surface area contributed by atoms with E-state index in [9.17, 15) is 0 Å². The van der Waals surface area contributed by atoms with Crippen molar-refractivity contribution in [2.75, 3.05) is 12.4 Å². The van der Waals surface area contributed by atoms with Crippen LogP contribution in [0.15, 0.2) is 40.4 Å². The zero-order valence-corrected chi connectivity index (χ0v) is 11.3. The first-order valence-corrected chi connectivity index (χ1v) is 7.09. The molecule has 0 spiro atoms. The molecule has 2 nitrogen and oxygen atoms in total. The maximum atomic E-state index is 5.89. The molecule has 3 rings (SSSR count). The summed E-state index contributed by atoms with van der Waals surface area (Å²) in [4.78, 5) is 6.89. The van der Waals surface area contributed by atoms with E-state index in [0.717, 1.165) is 22.4 Å². The summed E-state index contributed by atoms with van der Waals surface area (Å²) in [6.07, 6.45) is 0. The van der Waals surface area contributed by atoms with E-state index in [1.54, 1.807) is 11.8 Å². The Balaban J connectivity index is 1.82. The average molecular weight is 285 g/mol. The van der Waals surface area contributed by atoms with Crippen LogP contribution in [0.3, 0.4) is 0 Å². The quantitative estimate of drug-likeness (QED) is 0.766. The maximum absolute atomic E-state index is 5.89. The predicted octanol–water partition coefficient (Wildman–Crippen LogP) is 3.88. The van der Waals surface area contributed by atoms with Crippen LogP contribution < -0.4 is 0 Å². The summed E-state index contributed by atoms with van der Waals surface area (Å²) < 4.78 is 0. The summed E-state index contributed by atoms with van der Waals surface area (Å²) in [5.41, 5.74) is 2.35. The van der Waals surface area contributed by atoms with Crippen LogP contribution in [0.1, 0.15) is 11.6 Å². The topological polar surface area (TPSA) is 15.6 Å². The van der Waals surface area contributed by atoms with Crippen LogP contribution >= 0.6 is 35.0 Å². The van der Waals surface area contributed by atoms with Gasteiger partial charge in [0.15, 0.2) is 5.17 Å². The molecule has 88 valence electrons. The minimum absolute atomic E-state index is 0.196. The molecule has 0 aliphatic carbocycles. The molecule has 0 N–H and O–H groups in total. The van der Waals surface area contributed by atoms with Crippen molar-refractivity contribution in [1.29, 1.82) is 0 Å². The number of rotatable bonds is 2. The number of amidine groups is 1. The first-order valence-electron chi connectivity index (χ1n) is 5.30. The van der Waals surface area contributed by atoms with Crippen LogP contribution in [0.2, 0.25) is 5.02 Å². The Hall–Kier alpha value is -0.640. The lowest BCUT2D eigenvalue weighted by molar-refractivity contribution is 0.524. The summed E-state index contributed by atoms with van der Waals surface area (Å²) in [6.45, 7) is 0.877. The molecule has 2 aliphatic heterocycles. The maximum Gasteiger partial charge on any atom is 0.168 e. The highest BCUT2D eigenvalue weighted by molar-refractivity contribution is 8.16. The van der Waals surface area contributed by atoms with Crippen molar-refractivity contribution in [3.8, 4) is 0 Å². The van der Waals surface area contributed by atoms with Gasteiger partial charge in [0.05, 0.1) is 18.5 Å². The third kappa shape index (κ3) is 2.07. The van der Waals surface area contributed by atoms with Crippen molar-refractivity contribution < 1.29 is 0 Å². The van der Waals surface area contributed by atoms with Gasteiger partial charge in [0.1, 0.15) is 0 Å². The number of nitrogens with zero attached hydrogens (tertiary/aromatic N) is 2. The molecule has 2 aliphatic rings. The van der Waals surface area contributed by atoms with Gasteiger partial charge in [-0.3, -0.25) is 4.99 Å².